The second-order valence-corrected chi connectivity index (χ2v) is 4.27. The van der Waals surface area contributed by atoms with Crippen LogP contribution in [0.3, 0.4) is 0 Å². The Balaban J connectivity index is 2.09. The van der Waals surface area contributed by atoms with Gasteiger partial charge in [0.25, 0.3) is 0 Å². The van der Waals surface area contributed by atoms with Crippen molar-refractivity contribution in [2.75, 3.05) is 7.11 Å². The Morgan fingerprint density at radius 1 is 1.56 bits per heavy atom. The van der Waals surface area contributed by atoms with Crippen molar-refractivity contribution >= 4 is 5.97 Å². The quantitative estimate of drug-likeness (QED) is 0.775. The Morgan fingerprint density at radius 3 is 2.88 bits per heavy atom. The number of aromatic nitrogens is 2. The smallest absolute Gasteiger partial charge is 0.305 e. The average Bonchev–Trinajstić information content (AvgIpc) is 3.06. The Bertz CT molecular complexity index is 380. The van der Waals surface area contributed by atoms with Crippen molar-refractivity contribution in [3.8, 4) is 0 Å². The fraction of sp³-hybridized carbons (Fsp3) is 0.667. The maximum Gasteiger partial charge on any atom is 0.305 e. The molecule has 1 saturated carbocycles. The Hall–Kier alpha value is -1.32. The molecular formula is C12H18N2O2. The van der Waals surface area contributed by atoms with Gasteiger partial charge in [0.15, 0.2) is 0 Å². The number of esters is 1. The number of carbonyl (C=O) groups excluding carboxylic acids is 1. The third-order valence-electron chi connectivity index (χ3n) is 3.11. The molecule has 0 aromatic carbocycles. The molecule has 1 heterocycles. The van der Waals surface area contributed by atoms with Crippen LogP contribution >= 0.6 is 0 Å². The van der Waals surface area contributed by atoms with Crippen molar-refractivity contribution in [2.24, 2.45) is 0 Å². The molecule has 16 heavy (non-hydrogen) atoms. The summed E-state index contributed by atoms with van der Waals surface area (Å²) in [6.07, 6.45) is 4.61. The van der Waals surface area contributed by atoms with Crippen molar-refractivity contribution in [1.29, 1.82) is 0 Å². The lowest BCUT2D eigenvalue weighted by molar-refractivity contribution is -0.140. The number of hydrogen-bond donors (Lipinski definition) is 1. The van der Waals surface area contributed by atoms with Gasteiger partial charge in [-0.3, -0.25) is 9.89 Å². The van der Waals surface area contributed by atoms with E-state index in [1.165, 1.54) is 36.9 Å². The van der Waals surface area contributed by atoms with Gasteiger partial charge < -0.3 is 4.74 Å². The van der Waals surface area contributed by atoms with E-state index in [-0.39, 0.29) is 5.97 Å². The standard InChI is InChI=1S/C12H18N2O2/c1-3-10-9(6-7-11(15)16-2)12(14-13-10)8-4-5-8/h8H,3-7H2,1-2H3,(H,13,14). The maximum atomic E-state index is 11.2. The van der Waals surface area contributed by atoms with E-state index in [0.717, 1.165) is 12.8 Å². The third kappa shape index (κ3) is 2.26. The highest BCUT2D eigenvalue weighted by atomic mass is 16.5. The molecule has 0 radical (unpaired) electrons. The zero-order valence-electron chi connectivity index (χ0n) is 9.88. The summed E-state index contributed by atoms with van der Waals surface area (Å²) in [4.78, 5) is 11.2. The van der Waals surface area contributed by atoms with Crippen LogP contribution in [-0.2, 0) is 22.4 Å². The molecule has 0 amide bonds. The van der Waals surface area contributed by atoms with Gasteiger partial charge in [-0.25, -0.2) is 0 Å². The first-order valence-electron chi connectivity index (χ1n) is 5.89. The summed E-state index contributed by atoms with van der Waals surface area (Å²) >= 11 is 0. The first-order chi connectivity index (χ1) is 7.76. The van der Waals surface area contributed by atoms with Gasteiger partial charge in [-0.15, -0.1) is 0 Å². The minimum atomic E-state index is -0.148. The number of nitrogens with one attached hydrogen (secondary N) is 1. The highest BCUT2D eigenvalue weighted by molar-refractivity contribution is 5.69. The lowest BCUT2D eigenvalue weighted by Gasteiger charge is -2.03. The van der Waals surface area contributed by atoms with Crippen LogP contribution in [0.15, 0.2) is 0 Å². The Morgan fingerprint density at radius 2 is 2.31 bits per heavy atom. The van der Waals surface area contributed by atoms with Gasteiger partial charge in [0, 0.05) is 18.0 Å². The lowest BCUT2D eigenvalue weighted by atomic mass is 10.0. The number of aryl methyl sites for hydroxylation is 1. The van der Waals surface area contributed by atoms with Gasteiger partial charge in [0.05, 0.1) is 12.8 Å². The number of H-pyrrole nitrogens is 1. The van der Waals surface area contributed by atoms with Crippen molar-refractivity contribution in [1.82, 2.24) is 10.2 Å². The van der Waals surface area contributed by atoms with Gasteiger partial charge in [0.1, 0.15) is 0 Å². The van der Waals surface area contributed by atoms with Crippen LogP contribution in [0.5, 0.6) is 0 Å². The van der Waals surface area contributed by atoms with E-state index >= 15 is 0 Å². The van der Waals surface area contributed by atoms with Crippen LogP contribution in [0.1, 0.15) is 49.1 Å². The molecule has 1 aliphatic carbocycles. The molecular weight excluding hydrogens is 204 g/mol. The number of ether oxygens (including phenoxy) is 1. The number of carbonyl (C=O) groups is 1. The van der Waals surface area contributed by atoms with E-state index in [9.17, 15) is 4.79 Å². The zero-order chi connectivity index (χ0) is 11.5. The summed E-state index contributed by atoms with van der Waals surface area (Å²) in [5.74, 6) is 0.481. The van der Waals surface area contributed by atoms with Gasteiger partial charge in [-0.05, 0) is 31.2 Å². The van der Waals surface area contributed by atoms with E-state index in [0.29, 0.717) is 12.3 Å². The topological polar surface area (TPSA) is 55.0 Å². The molecule has 2 rings (SSSR count). The average molecular weight is 222 g/mol. The molecule has 1 fully saturated rings. The molecule has 0 saturated heterocycles. The molecule has 0 spiro atoms. The van der Waals surface area contributed by atoms with E-state index in [4.69, 9.17) is 0 Å². The Kier molecular flexibility index (Phi) is 3.27. The van der Waals surface area contributed by atoms with Crippen molar-refractivity contribution in [2.45, 2.75) is 44.9 Å². The molecule has 4 heteroatoms. The Labute approximate surface area is 95.4 Å². The molecule has 0 aliphatic heterocycles. The van der Waals surface area contributed by atoms with Crippen LogP contribution in [0.2, 0.25) is 0 Å². The minimum Gasteiger partial charge on any atom is -0.469 e. The first kappa shape index (κ1) is 11.2. The highest BCUT2D eigenvalue weighted by Gasteiger charge is 2.29. The molecule has 1 aromatic heterocycles. The molecule has 4 nitrogen and oxygen atoms in total. The molecule has 1 aromatic rings. The van der Waals surface area contributed by atoms with Crippen LogP contribution in [0.4, 0.5) is 0 Å². The monoisotopic (exact) mass is 222 g/mol. The predicted molar refractivity (Wildman–Crippen MR) is 60.3 cm³/mol. The summed E-state index contributed by atoms with van der Waals surface area (Å²) in [6.45, 7) is 2.10. The van der Waals surface area contributed by atoms with Crippen molar-refractivity contribution in [3.63, 3.8) is 0 Å². The van der Waals surface area contributed by atoms with Crippen molar-refractivity contribution in [3.05, 3.63) is 17.0 Å². The maximum absolute atomic E-state index is 11.2. The van der Waals surface area contributed by atoms with Gasteiger partial charge >= 0.3 is 5.97 Å². The minimum absolute atomic E-state index is 0.148. The van der Waals surface area contributed by atoms with E-state index in [2.05, 4.69) is 21.9 Å². The number of rotatable bonds is 5. The normalized spacial score (nSPS) is 15.1. The van der Waals surface area contributed by atoms with E-state index in [1.807, 2.05) is 0 Å². The summed E-state index contributed by atoms with van der Waals surface area (Å²) in [5, 5.41) is 7.46. The molecule has 0 atom stereocenters. The van der Waals surface area contributed by atoms with E-state index in [1.54, 1.807) is 0 Å². The molecule has 1 aliphatic rings. The summed E-state index contributed by atoms with van der Waals surface area (Å²) in [5.41, 5.74) is 3.60. The van der Waals surface area contributed by atoms with Crippen molar-refractivity contribution < 1.29 is 9.53 Å². The second-order valence-electron chi connectivity index (χ2n) is 4.27. The predicted octanol–water partition coefficient (Wildman–Crippen LogP) is 1.96. The first-order valence-corrected chi connectivity index (χ1v) is 5.89. The lowest BCUT2D eigenvalue weighted by Crippen LogP contribution is -2.04. The fourth-order valence-corrected chi connectivity index (χ4v) is 2.01. The van der Waals surface area contributed by atoms with Gasteiger partial charge in [-0.2, -0.15) is 5.10 Å². The number of methoxy groups -OCH3 is 1. The van der Waals surface area contributed by atoms with Crippen LogP contribution in [0.25, 0.3) is 0 Å². The van der Waals surface area contributed by atoms with Crippen LogP contribution < -0.4 is 0 Å². The molecule has 1 N–H and O–H groups in total. The summed E-state index contributed by atoms with van der Waals surface area (Å²) in [6, 6.07) is 0. The van der Waals surface area contributed by atoms with Crippen LogP contribution in [0, 0.1) is 0 Å². The third-order valence-corrected chi connectivity index (χ3v) is 3.11. The summed E-state index contributed by atoms with van der Waals surface area (Å²) < 4.78 is 4.67. The van der Waals surface area contributed by atoms with Crippen LogP contribution in [-0.4, -0.2) is 23.3 Å². The van der Waals surface area contributed by atoms with Gasteiger partial charge in [0.2, 0.25) is 0 Å². The zero-order valence-corrected chi connectivity index (χ0v) is 9.88. The fourth-order valence-electron chi connectivity index (χ4n) is 2.01. The SMILES string of the molecule is CCc1[nH]nc(C2CC2)c1CCC(=O)OC. The highest BCUT2D eigenvalue weighted by Crippen LogP contribution is 2.41. The second kappa shape index (κ2) is 4.68. The molecule has 0 unspecified atom stereocenters. The van der Waals surface area contributed by atoms with E-state index < -0.39 is 0 Å². The van der Waals surface area contributed by atoms with Gasteiger partial charge in [-0.1, -0.05) is 6.92 Å². The summed E-state index contributed by atoms with van der Waals surface area (Å²) in [7, 11) is 1.43. The number of aromatic amines is 1. The largest absolute Gasteiger partial charge is 0.469 e. The molecule has 0 bridgehead atoms. The number of hydrogen-bond acceptors (Lipinski definition) is 3. The number of nitrogens with zero attached hydrogens (tertiary/aromatic N) is 1. The molecule has 88 valence electrons.